The molecule has 0 aliphatic rings. The molecule has 0 saturated carbocycles. The molecule has 0 atom stereocenters. The predicted molar refractivity (Wildman–Crippen MR) is 78.4 cm³/mol. The Morgan fingerprint density at radius 1 is 1.05 bits per heavy atom. The number of hydrogen-bond donors (Lipinski definition) is 1. The summed E-state index contributed by atoms with van der Waals surface area (Å²) in [5.74, 6) is 1.59. The smallest absolute Gasteiger partial charge is 0.123 e. The van der Waals surface area contributed by atoms with Gasteiger partial charge in [0.1, 0.15) is 18.1 Å². The molecule has 0 saturated heterocycles. The number of rotatable bonds is 6. The van der Waals surface area contributed by atoms with Crippen molar-refractivity contribution in [2.45, 2.75) is 0 Å². The summed E-state index contributed by atoms with van der Waals surface area (Å²) in [5, 5.41) is 3.96. The third kappa shape index (κ3) is 4.38. The Morgan fingerprint density at radius 2 is 1.84 bits per heavy atom. The Bertz CT molecular complexity index is 531. The summed E-state index contributed by atoms with van der Waals surface area (Å²) < 4.78 is 10.8. The quantitative estimate of drug-likeness (QED) is 0.814. The molecule has 2 aromatic carbocycles. The second-order valence-corrected chi connectivity index (χ2v) is 4.40. The minimum Gasteiger partial charge on any atom is -0.497 e. The lowest BCUT2D eigenvalue weighted by Gasteiger charge is -2.09. The third-order valence-electron chi connectivity index (χ3n) is 2.57. The number of anilines is 1. The highest BCUT2D eigenvalue weighted by Crippen LogP contribution is 2.19. The van der Waals surface area contributed by atoms with Gasteiger partial charge >= 0.3 is 0 Å². The molecule has 0 unspecified atom stereocenters. The molecule has 0 spiro atoms. The SMILES string of the molecule is COc1cccc(OCCNc2cccc(Cl)c2)c1. The van der Waals surface area contributed by atoms with Crippen LogP contribution >= 0.6 is 11.6 Å². The molecule has 2 aromatic rings. The summed E-state index contributed by atoms with van der Waals surface area (Å²) in [5.41, 5.74) is 0.988. The van der Waals surface area contributed by atoms with Gasteiger partial charge in [-0.1, -0.05) is 23.7 Å². The zero-order valence-electron chi connectivity index (χ0n) is 10.7. The van der Waals surface area contributed by atoms with Crippen molar-refractivity contribution in [1.29, 1.82) is 0 Å². The number of ether oxygens (including phenoxy) is 2. The van der Waals surface area contributed by atoms with Crippen molar-refractivity contribution in [2.75, 3.05) is 25.6 Å². The van der Waals surface area contributed by atoms with Crippen molar-refractivity contribution in [2.24, 2.45) is 0 Å². The number of methoxy groups -OCH3 is 1. The van der Waals surface area contributed by atoms with Gasteiger partial charge in [-0.05, 0) is 30.3 Å². The fourth-order valence-corrected chi connectivity index (χ4v) is 1.84. The first-order valence-corrected chi connectivity index (χ1v) is 6.42. The van der Waals surface area contributed by atoms with E-state index in [1.807, 2.05) is 48.5 Å². The van der Waals surface area contributed by atoms with E-state index in [4.69, 9.17) is 21.1 Å². The number of halogens is 1. The van der Waals surface area contributed by atoms with E-state index in [1.54, 1.807) is 7.11 Å². The van der Waals surface area contributed by atoms with Crippen LogP contribution in [0.1, 0.15) is 0 Å². The van der Waals surface area contributed by atoms with Gasteiger partial charge in [0.15, 0.2) is 0 Å². The van der Waals surface area contributed by atoms with Crippen LogP contribution in [-0.4, -0.2) is 20.3 Å². The topological polar surface area (TPSA) is 30.5 Å². The van der Waals surface area contributed by atoms with Gasteiger partial charge in [-0.3, -0.25) is 0 Å². The Hall–Kier alpha value is -1.87. The summed E-state index contributed by atoms with van der Waals surface area (Å²) in [7, 11) is 1.64. The van der Waals surface area contributed by atoms with Crippen LogP contribution in [0.3, 0.4) is 0 Å². The molecule has 0 radical (unpaired) electrons. The van der Waals surface area contributed by atoms with Crippen LogP contribution in [0.25, 0.3) is 0 Å². The largest absolute Gasteiger partial charge is 0.497 e. The van der Waals surface area contributed by atoms with E-state index >= 15 is 0 Å². The Morgan fingerprint density at radius 3 is 2.63 bits per heavy atom. The second-order valence-electron chi connectivity index (χ2n) is 3.96. The van der Waals surface area contributed by atoms with E-state index in [1.165, 1.54) is 0 Å². The molecule has 0 aromatic heterocycles. The Kier molecular flexibility index (Phi) is 4.93. The fourth-order valence-electron chi connectivity index (χ4n) is 1.65. The van der Waals surface area contributed by atoms with Crippen molar-refractivity contribution in [1.82, 2.24) is 0 Å². The van der Waals surface area contributed by atoms with Crippen LogP contribution < -0.4 is 14.8 Å². The normalized spacial score (nSPS) is 10.0. The molecule has 0 amide bonds. The fraction of sp³-hybridized carbons (Fsp3) is 0.200. The molecular formula is C15H16ClNO2. The monoisotopic (exact) mass is 277 g/mol. The molecule has 0 fully saturated rings. The van der Waals surface area contributed by atoms with Gasteiger partial charge in [0.2, 0.25) is 0 Å². The van der Waals surface area contributed by atoms with E-state index in [0.29, 0.717) is 13.2 Å². The predicted octanol–water partition coefficient (Wildman–Crippen LogP) is 3.84. The first-order valence-electron chi connectivity index (χ1n) is 6.04. The first-order chi connectivity index (χ1) is 9.28. The second kappa shape index (κ2) is 6.90. The summed E-state index contributed by atoms with van der Waals surface area (Å²) >= 11 is 5.90. The summed E-state index contributed by atoms with van der Waals surface area (Å²) in [6, 6.07) is 15.2. The highest BCUT2D eigenvalue weighted by atomic mass is 35.5. The lowest BCUT2D eigenvalue weighted by molar-refractivity contribution is 0.329. The van der Waals surface area contributed by atoms with Crippen LogP contribution in [0.15, 0.2) is 48.5 Å². The van der Waals surface area contributed by atoms with Gasteiger partial charge < -0.3 is 14.8 Å². The maximum Gasteiger partial charge on any atom is 0.123 e. The van der Waals surface area contributed by atoms with Gasteiger partial charge in [-0.25, -0.2) is 0 Å². The lowest BCUT2D eigenvalue weighted by Crippen LogP contribution is -2.11. The lowest BCUT2D eigenvalue weighted by atomic mass is 10.3. The minimum atomic E-state index is 0.569. The van der Waals surface area contributed by atoms with E-state index in [-0.39, 0.29) is 0 Å². The molecule has 19 heavy (non-hydrogen) atoms. The average Bonchev–Trinajstić information content (AvgIpc) is 2.44. The number of nitrogens with one attached hydrogen (secondary N) is 1. The van der Waals surface area contributed by atoms with Crippen molar-refractivity contribution in [3.05, 3.63) is 53.6 Å². The first kappa shape index (κ1) is 13.6. The van der Waals surface area contributed by atoms with Crippen molar-refractivity contribution in [3.63, 3.8) is 0 Å². The number of benzene rings is 2. The van der Waals surface area contributed by atoms with Crippen LogP contribution in [0.5, 0.6) is 11.5 Å². The molecule has 4 heteroatoms. The molecule has 0 heterocycles. The standard InChI is InChI=1S/C15H16ClNO2/c1-18-14-6-3-7-15(11-14)19-9-8-17-13-5-2-4-12(16)10-13/h2-7,10-11,17H,8-9H2,1H3. The summed E-state index contributed by atoms with van der Waals surface area (Å²) in [4.78, 5) is 0. The van der Waals surface area contributed by atoms with E-state index in [2.05, 4.69) is 5.32 Å². The van der Waals surface area contributed by atoms with Crippen LogP contribution in [0, 0.1) is 0 Å². The van der Waals surface area contributed by atoms with Crippen LogP contribution in [0.4, 0.5) is 5.69 Å². The summed E-state index contributed by atoms with van der Waals surface area (Å²) in [6.45, 7) is 1.28. The molecule has 3 nitrogen and oxygen atoms in total. The average molecular weight is 278 g/mol. The highest BCUT2D eigenvalue weighted by Gasteiger charge is 1.97. The molecule has 2 rings (SSSR count). The summed E-state index contributed by atoms with van der Waals surface area (Å²) in [6.07, 6.45) is 0. The molecule has 0 aliphatic heterocycles. The molecule has 100 valence electrons. The van der Waals surface area contributed by atoms with Gasteiger partial charge in [0.05, 0.1) is 7.11 Å². The van der Waals surface area contributed by atoms with Gasteiger partial charge in [-0.2, -0.15) is 0 Å². The van der Waals surface area contributed by atoms with Gasteiger partial charge in [-0.15, -0.1) is 0 Å². The molecule has 0 bridgehead atoms. The molecule has 0 aliphatic carbocycles. The zero-order chi connectivity index (χ0) is 13.5. The molecule has 1 N–H and O–H groups in total. The highest BCUT2D eigenvalue weighted by molar-refractivity contribution is 6.30. The Balaban J connectivity index is 1.77. The van der Waals surface area contributed by atoms with Gasteiger partial charge in [0, 0.05) is 23.3 Å². The van der Waals surface area contributed by atoms with Crippen LogP contribution in [0.2, 0.25) is 5.02 Å². The molecular weight excluding hydrogens is 262 g/mol. The zero-order valence-corrected chi connectivity index (χ0v) is 11.5. The number of hydrogen-bond acceptors (Lipinski definition) is 3. The van der Waals surface area contributed by atoms with E-state index in [9.17, 15) is 0 Å². The maximum absolute atomic E-state index is 5.90. The van der Waals surface area contributed by atoms with Crippen molar-refractivity contribution in [3.8, 4) is 11.5 Å². The van der Waals surface area contributed by atoms with Crippen molar-refractivity contribution >= 4 is 17.3 Å². The van der Waals surface area contributed by atoms with Gasteiger partial charge in [0.25, 0.3) is 0 Å². The van der Waals surface area contributed by atoms with Crippen molar-refractivity contribution < 1.29 is 9.47 Å². The maximum atomic E-state index is 5.90. The van der Waals surface area contributed by atoms with E-state index in [0.717, 1.165) is 22.2 Å². The third-order valence-corrected chi connectivity index (χ3v) is 2.80. The minimum absolute atomic E-state index is 0.569. The Labute approximate surface area is 118 Å². The van der Waals surface area contributed by atoms with E-state index < -0.39 is 0 Å². The van der Waals surface area contributed by atoms with Crippen LogP contribution in [-0.2, 0) is 0 Å².